The zero-order valence-electron chi connectivity index (χ0n) is 13.2. The first kappa shape index (κ1) is 17.5. The van der Waals surface area contributed by atoms with Crippen LogP contribution in [0.1, 0.15) is 38.4 Å². The van der Waals surface area contributed by atoms with Crippen molar-refractivity contribution in [3.8, 4) is 0 Å². The van der Waals surface area contributed by atoms with Crippen LogP contribution in [-0.2, 0) is 4.79 Å². The highest BCUT2D eigenvalue weighted by Gasteiger charge is 2.24. The molecule has 0 aliphatic rings. The van der Waals surface area contributed by atoms with Crippen molar-refractivity contribution in [2.75, 3.05) is 19.0 Å². The van der Waals surface area contributed by atoms with E-state index in [-0.39, 0.29) is 12.5 Å². The number of aliphatic hydroxyl groups excluding tert-OH is 1. The molecule has 0 heterocycles. The average Bonchev–Trinajstić information content (AvgIpc) is 2.45. The average molecular weight is 294 g/mol. The largest absolute Gasteiger partial charge is 0.481 e. The lowest BCUT2D eigenvalue weighted by Crippen LogP contribution is -2.41. The Labute approximate surface area is 126 Å². The first-order valence-electron chi connectivity index (χ1n) is 7.28. The molecule has 0 saturated carbocycles. The molecule has 1 aromatic carbocycles. The van der Waals surface area contributed by atoms with E-state index in [0.717, 1.165) is 17.7 Å². The highest BCUT2D eigenvalue weighted by atomic mass is 16.4. The number of rotatable bonds is 8. The summed E-state index contributed by atoms with van der Waals surface area (Å²) < 4.78 is 0. The summed E-state index contributed by atoms with van der Waals surface area (Å²) >= 11 is 0. The molecule has 0 spiro atoms. The van der Waals surface area contributed by atoms with Crippen molar-refractivity contribution in [3.05, 3.63) is 29.8 Å². The number of hydrogen-bond donors (Lipinski definition) is 3. The lowest BCUT2D eigenvalue weighted by molar-refractivity contribution is -0.138. The lowest BCUT2D eigenvalue weighted by atomic mass is 9.98. The summed E-state index contributed by atoms with van der Waals surface area (Å²) in [7, 11) is 3.90. The van der Waals surface area contributed by atoms with Gasteiger partial charge >= 0.3 is 5.97 Å². The molecular weight excluding hydrogens is 268 g/mol. The van der Waals surface area contributed by atoms with E-state index in [0.29, 0.717) is 0 Å². The zero-order chi connectivity index (χ0) is 16.0. The topological polar surface area (TPSA) is 72.8 Å². The third-order valence-corrected chi connectivity index (χ3v) is 3.64. The Kier molecular flexibility index (Phi) is 6.65. The van der Waals surface area contributed by atoms with Crippen molar-refractivity contribution in [2.45, 2.75) is 44.9 Å². The zero-order valence-corrected chi connectivity index (χ0v) is 13.2. The Morgan fingerprint density at radius 3 is 2.29 bits per heavy atom. The molecule has 0 aliphatic carbocycles. The van der Waals surface area contributed by atoms with Crippen LogP contribution in [0.2, 0.25) is 0 Å². The molecule has 0 aliphatic heterocycles. The van der Waals surface area contributed by atoms with E-state index in [4.69, 9.17) is 5.11 Å². The van der Waals surface area contributed by atoms with Gasteiger partial charge in [0.15, 0.2) is 0 Å². The van der Waals surface area contributed by atoms with Crippen LogP contribution < -0.4 is 10.2 Å². The Hall–Kier alpha value is -1.59. The molecule has 0 amide bonds. The summed E-state index contributed by atoms with van der Waals surface area (Å²) in [6, 6.07) is 7.17. The van der Waals surface area contributed by atoms with Gasteiger partial charge in [-0.15, -0.1) is 0 Å². The maximum Gasteiger partial charge on any atom is 0.305 e. The van der Waals surface area contributed by atoms with E-state index in [2.05, 4.69) is 5.32 Å². The van der Waals surface area contributed by atoms with Gasteiger partial charge in [-0.2, -0.15) is 0 Å². The van der Waals surface area contributed by atoms with E-state index in [9.17, 15) is 9.90 Å². The molecule has 21 heavy (non-hydrogen) atoms. The van der Waals surface area contributed by atoms with E-state index in [1.165, 1.54) is 0 Å². The number of benzene rings is 1. The maximum atomic E-state index is 11.0. The number of carboxylic acid groups (broad SMARTS) is 1. The minimum atomic E-state index is -0.917. The summed E-state index contributed by atoms with van der Waals surface area (Å²) in [5.41, 5.74) is 1.76. The van der Waals surface area contributed by atoms with E-state index in [1.807, 2.05) is 57.1 Å². The van der Waals surface area contributed by atoms with Crippen molar-refractivity contribution in [2.24, 2.45) is 0 Å². The minimum Gasteiger partial charge on any atom is -0.481 e. The highest BCUT2D eigenvalue weighted by Crippen LogP contribution is 2.22. The molecule has 0 aromatic heterocycles. The number of nitrogens with zero attached hydrogens (tertiary/aromatic N) is 1. The second-order valence-electron chi connectivity index (χ2n) is 5.61. The third-order valence-electron chi connectivity index (χ3n) is 3.64. The Bertz CT molecular complexity index is 445. The number of nitrogens with one attached hydrogen (secondary N) is 1. The number of aliphatic carboxylic acids is 1. The van der Waals surface area contributed by atoms with Gasteiger partial charge in [-0.25, -0.2) is 0 Å². The summed E-state index contributed by atoms with van der Waals surface area (Å²) in [5, 5.41) is 22.7. The van der Waals surface area contributed by atoms with Gasteiger partial charge < -0.3 is 20.4 Å². The van der Waals surface area contributed by atoms with Crippen LogP contribution in [0.3, 0.4) is 0 Å². The fraction of sp³-hybridized carbons (Fsp3) is 0.562. The van der Waals surface area contributed by atoms with E-state index in [1.54, 1.807) is 0 Å². The van der Waals surface area contributed by atoms with Gasteiger partial charge in [-0.3, -0.25) is 4.79 Å². The van der Waals surface area contributed by atoms with Gasteiger partial charge in [0, 0.05) is 31.9 Å². The SMILES string of the molecule is CCC(C)NC(CC(=O)O)C(O)c1ccc(N(C)C)cc1. The number of carbonyl (C=O) groups is 1. The van der Waals surface area contributed by atoms with E-state index >= 15 is 0 Å². The van der Waals surface area contributed by atoms with Crippen LogP contribution in [-0.4, -0.2) is 42.4 Å². The van der Waals surface area contributed by atoms with Gasteiger partial charge in [-0.1, -0.05) is 19.1 Å². The lowest BCUT2D eigenvalue weighted by Gasteiger charge is -2.26. The number of aliphatic hydroxyl groups is 1. The second kappa shape index (κ2) is 8.00. The van der Waals surface area contributed by atoms with Gasteiger partial charge in [0.25, 0.3) is 0 Å². The minimum absolute atomic E-state index is 0.110. The molecule has 0 saturated heterocycles. The first-order chi connectivity index (χ1) is 9.85. The van der Waals surface area contributed by atoms with Crippen molar-refractivity contribution < 1.29 is 15.0 Å². The van der Waals surface area contributed by atoms with E-state index < -0.39 is 18.1 Å². The number of anilines is 1. The summed E-state index contributed by atoms with van der Waals surface area (Å²) in [5.74, 6) is -0.917. The highest BCUT2D eigenvalue weighted by molar-refractivity contribution is 5.67. The van der Waals surface area contributed by atoms with Crippen molar-refractivity contribution in [1.29, 1.82) is 0 Å². The fourth-order valence-corrected chi connectivity index (χ4v) is 2.14. The Balaban J connectivity index is 2.87. The van der Waals surface area contributed by atoms with Crippen molar-refractivity contribution in [1.82, 2.24) is 5.32 Å². The summed E-state index contributed by atoms with van der Waals surface area (Å²) in [4.78, 5) is 13.0. The van der Waals surface area contributed by atoms with Gasteiger partial charge in [-0.05, 0) is 31.0 Å². The predicted molar refractivity (Wildman–Crippen MR) is 84.7 cm³/mol. The number of hydrogen-bond acceptors (Lipinski definition) is 4. The van der Waals surface area contributed by atoms with Crippen LogP contribution >= 0.6 is 0 Å². The van der Waals surface area contributed by atoms with Crippen LogP contribution in [0.4, 0.5) is 5.69 Å². The maximum absolute atomic E-state index is 11.0. The van der Waals surface area contributed by atoms with Crippen molar-refractivity contribution >= 4 is 11.7 Å². The molecule has 5 heteroatoms. The molecule has 118 valence electrons. The molecule has 1 rings (SSSR count). The summed E-state index contributed by atoms with van der Waals surface area (Å²) in [6.45, 7) is 4.00. The molecule has 3 N–H and O–H groups in total. The molecular formula is C16H26N2O3. The second-order valence-corrected chi connectivity index (χ2v) is 5.61. The third kappa shape index (κ3) is 5.36. The van der Waals surface area contributed by atoms with Crippen LogP contribution in [0, 0.1) is 0 Å². The molecule has 1 aromatic rings. The summed E-state index contributed by atoms with van der Waals surface area (Å²) in [6.07, 6.45) is -0.0742. The Morgan fingerprint density at radius 2 is 1.86 bits per heavy atom. The van der Waals surface area contributed by atoms with Crippen LogP contribution in [0.25, 0.3) is 0 Å². The first-order valence-corrected chi connectivity index (χ1v) is 7.28. The molecule has 0 fully saturated rings. The van der Waals surface area contributed by atoms with Crippen LogP contribution in [0.15, 0.2) is 24.3 Å². The fourth-order valence-electron chi connectivity index (χ4n) is 2.14. The molecule has 0 bridgehead atoms. The van der Waals surface area contributed by atoms with Crippen LogP contribution in [0.5, 0.6) is 0 Å². The molecule has 0 radical (unpaired) electrons. The van der Waals surface area contributed by atoms with Crippen molar-refractivity contribution in [3.63, 3.8) is 0 Å². The monoisotopic (exact) mass is 294 g/mol. The smallest absolute Gasteiger partial charge is 0.305 e. The van der Waals surface area contributed by atoms with Gasteiger partial charge in [0.1, 0.15) is 0 Å². The Morgan fingerprint density at radius 1 is 1.29 bits per heavy atom. The standard InChI is InChI=1S/C16H26N2O3/c1-5-11(2)17-14(10-15(19)20)16(21)12-6-8-13(9-7-12)18(3)4/h6-9,11,14,16-17,21H,5,10H2,1-4H3,(H,19,20). The molecule has 3 atom stereocenters. The normalized spacial score (nSPS) is 15.3. The van der Waals surface area contributed by atoms with Gasteiger partial charge in [0.05, 0.1) is 12.5 Å². The predicted octanol–water partition coefficient (Wildman–Crippen LogP) is 2.02. The molecule has 5 nitrogen and oxygen atoms in total. The number of carboxylic acids is 1. The molecule has 3 unspecified atom stereocenters. The quantitative estimate of drug-likeness (QED) is 0.684. The van der Waals surface area contributed by atoms with Gasteiger partial charge in [0.2, 0.25) is 0 Å².